The fourth-order valence-electron chi connectivity index (χ4n) is 1.65. The Hall–Kier alpha value is -1.30. The molecule has 0 atom stereocenters. The summed E-state index contributed by atoms with van der Waals surface area (Å²) in [4.78, 5) is 15.6. The third-order valence-electron chi connectivity index (χ3n) is 2.51. The maximum atomic E-state index is 6.22. The largest absolute Gasteiger partial charge is 0.243 e. The van der Waals surface area contributed by atoms with Crippen LogP contribution in [-0.2, 0) is 0 Å². The van der Waals surface area contributed by atoms with Gasteiger partial charge in [-0.3, -0.25) is 0 Å². The van der Waals surface area contributed by atoms with Crippen molar-refractivity contribution in [1.29, 1.82) is 0 Å². The Morgan fingerprint density at radius 2 is 1.58 bits per heavy atom. The Kier molecular flexibility index (Phi) is 3.35. The van der Waals surface area contributed by atoms with E-state index in [0.29, 0.717) is 5.02 Å². The summed E-state index contributed by atoms with van der Waals surface area (Å²) in [6, 6.07) is 3.75. The number of thiazole rings is 2. The van der Waals surface area contributed by atoms with Crippen LogP contribution < -0.4 is 0 Å². The van der Waals surface area contributed by atoms with Crippen LogP contribution in [0.15, 0.2) is 24.5 Å². The zero-order valence-corrected chi connectivity index (χ0v) is 12.7. The first-order chi connectivity index (χ1) is 9.13. The van der Waals surface area contributed by atoms with Crippen molar-refractivity contribution in [3.05, 3.63) is 39.3 Å². The SMILES string of the molecule is Cc1cnc(-c2ccc(Cl)c(-c3ncc(C)s3)n2)s1. The molecule has 0 bridgehead atoms. The van der Waals surface area contributed by atoms with Crippen LogP contribution in [0.1, 0.15) is 9.75 Å². The maximum Gasteiger partial charge on any atom is 0.143 e. The highest BCUT2D eigenvalue weighted by molar-refractivity contribution is 7.15. The van der Waals surface area contributed by atoms with Gasteiger partial charge in [0.15, 0.2) is 0 Å². The lowest BCUT2D eigenvalue weighted by Gasteiger charge is -2.02. The first-order valence-corrected chi connectivity index (χ1v) is 7.67. The molecule has 3 aromatic heterocycles. The molecule has 0 radical (unpaired) electrons. The summed E-state index contributed by atoms with van der Waals surface area (Å²) in [5, 5.41) is 2.37. The van der Waals surface area contributed by atoms with Crippen LogP contribution in [0.2, 0.25) is 5.02 Å². The first kappa shape index (κ1) is 12.7. The number of halogens is 1. The molecule has 19 heavy (non-hydrogen) atoms. The van der Waals surface area contributed by atoms with E-state index in [1.54, 1.807) is 22.7 Å². The Morgan fingerprint density at radius 3 is 2.16 bits per heavy atom. The smallest absolute Gasteiger partial charge is 0.143 e. The van der Waals surface area contributed by atoms with Gasteiger partial charge in [-0.2, -0.15) is 0 Å². The van der Waals surface area contributed by atoms with Crippen molar-refractivity contribution < 1.29 is 0 Å². The second-order valence-electron chi connectivity index (χ2n) is 4.08. The highest BCUT2D eigenvalue weighted by Crippen LogP contribution is 2.32. The molecule has 6 heteroatoms. The number of hydrogen-bond donors (Lipinski definition) is 0. The molecule has 3 aromatic rings. The molecule has 0 amide bonds. The van der Waals surface area contributed by atoms with Gasteiger partial charge in [-0.1, -0.05) is 11.6 Å². The van der Waals surface area contributed by atoms with Gasteiger partial charge in [-0.25, -0.2) is 15.0 Å². The molecule has 0 spiro atoms. The first-order valence-electron chi connectivity index (χ1n) is 5.65. The highest BCUT2D eigenvalue weighted by Gasteiger charge is 2.12. The second-order valence-corrected chi connectivity index (χ2v) is 6.96. The summed E-state index contributed by atoms with van der Waals surface area (Å²) >= 11 is 9.43. The van der Waals surface area contributed by atoms with Gasteiger partial charge in [0, 0.05) is 22.1 Å². The summed E-state index contributed by atoms with van der Waals surface area (Å²) in [6.45, 7) is 4.05. The molecule has 0 aromatic carbocycles. The number of aryl methyl sites for hydroxylation is 2. The minimum Gasteiger partial charge on any atom is -0.243 e. The third-order valence-corrected chi connectivity index (χ3v) is 4.67. The van der Waals surface area contributed by atoms with E-state index in [2.05, 4.69) is 15.0 Å². The van der Waals surface area contributed by atoms with Crippen molar-refractivity contribution in [3.63, 3.8) is 0 Å². The third kappa shape index (κ3) is 2.54. The second kappa shape index (κ2) is 5.00. The molecule has 0 saturated heterocycles. The van der Waals surface area contributed by atoms with Gasteiger partial charge in [0.05, 0.1) is 10.7 Å². The summed E-state index contributed by atoms with van der Waals surface area (Å²) in [5.41, 5.74) is 1.57. The van der Waals surface area contributed by atoms with Crippen LogP contribution in [-0.4, -0.2) is 15.0 Å². The van der Waals surface area contributed by atoms with E-state index < -0.39 is 0 Å². The van der Waals surface area contributed by atoms with Crippen LogP contribution in [0, 0.1) is 13.8 Å². The highest BCUT2D eigenvalue weighted by atomic mass is 35.5. The Balaban J connectivity index is 2.10. The quantitative estimate of drug-likeness (QED) is 0.694. The lowest BCUT2D eigenvalue weighted by Crippen LogP contribution is -1.88. The molecule has 0 unspecified atom stereocenters. The van der Waals surface area contributed by atoms with E-state index in [0.717, 1.165) is 26.3 Å². The van der Waals surface area contributed by atoms with Crippen LogP contribution in [0.25, 0.3) is 21.4 Å². The van der Waals surface area contributed by atoms with Gasteiger partial charge < -0.3 is 0 Å². The van der Waals surface area contributed by atoms with Gasteiger partial charge in [-0.05, 0) is 26.0 Å². The van der Waals surface area contributed by atoms with Crippen LogP contribution in [0.5, 0.6) is 0 Å². The van der Waals surface area contributed by atoms with Crippen molar-refractivity contribution in [1.82, 2.24) is 15.0 Å². The normalized spacial score (nSPS) is 10.9. The lowest BCUT2D eigenvalue weighted by molar-refractivity contribution is 1.27. The Labute approximate surface area is 124 Å². The van der Waals surface area contributed by atoms with Crippen molar-refractivity contribution >= 4 is 34.3 Å². The molecule has 0 aliphatic heterocycles. The summed E-state index contributed by atoms with van der Waals surface area (Å²) in [7, 11) is 0. The molecule has 0 fully saturated rings. The fraction of sp³-hybridized carbons (Fsp3) is 0.154. The maximum absolute atomic E-state index is 6.22. The standard InChI is InChI=1S/C13H10ClN3S2/c1-7-5-15-12(18-7)10-4-3-9(14)11(17-10)13-16-6-8(2)19-13/h3-6H,1-2H3. The molecular formula is C13H10ClN3S2. The number of aromatic nitrogens is 3. The molecule has 96 valence electrons. The minimum atomic E-state index is 0.617. The Morgan fingerprint density at radius 1 is 0.947 bits per heavy atom. The molecule has 0 saturated carbocycles. The van der Waals surface area contributed by atoms with Gasteiger partial charge in [0.1, 0.15) is 15.7 Å². The van der Waals surface area contributed by atoms with Gasteiger partial charge in [0.25, 0.3) is 0 Å². The molecule has 0 aliphatic carbocycles. The zero-order chi connectivity index (χ0) is 13.4. The number of pyridine rings is 1. The minimum absolute atomic E-state index is 0.617. The molecule has 3 nitrogen and oxygen atoms in total. The van der Waals surface area contributed by atoms with Crippen LogP contribution in [0.4, 0.5) is 0 Å². The van der Waals surface area contributed by atoms with E-state index in [4.69, 9.17) is 11.6 Å². The van der Waals surface area contributed by atoms with E-state index >= 15 is 0 Å². The predicted molar refractivity (Wildman–Crippen MR) is 80.9 cm³/mol. The van der Waals surface area contributed by atoms with Crippen molar-refractivity contribution in [2.24, 2.45) is 0 Å². The summed E-state index contributed by atoms with van der Waals surface area (Å²) < 4.78 is 0. The van der Waals surface area contributed by atoms with Crippen molar-refractivity contribution in [2.45, 2.75) is 13.8 Å². The molecular weight excluding hydrogens is 298 g/mol. The predicted octanol–water partition coefficient (Wildman–Crippen LogP) is 4.60. The van der Waals surface area contributed by atoms with Crippen molar-refractivity contribution in [3.8, 4) is 21.4 Å². The zero-order valence-electron chi connectivity index (χ0n) is 10.3. The number of rotatable bonds is 2. The topological polar surface area (TPSA) is 38.7 Å². The molecule has 0 aliphatic rings. The van der Waals surface area contributed by atoms with Gasteiger partial charge >= 0.3 is 0 Å². The number of nitrogens with zero attached hydrogens (tertiary/aromatic N) is 3. The molecule has 3 rings (SSSR count). The van der Waals surface area contributed by atoms with Crippen LogP contribution in [0.3, 0.4) is 0 Å². The summed E-state index contributed by atoms with van der Waals surface area (Å²) in [6.07, 6.45) is 3.68. The lowest BCUT2D eigenvalue weighted by atomic mass is 10.3. The Bertz CT molecular complexity index is 733. The van der Waals surface area contributed by atoms with Crippen molar-refractivity contribution in [2.75, 3.05) is 0 Å². The number of hydrogen-bond acceptors (Lipinski definition) is 5. The average molecular weight is 308 g/mol. The van der Waals surface area contributed by atoms with Gasteiger partial charge in [-0.15, -0.1) is 22.7 Å². The fourth-order valence-corrected chi connectivity index (χ4v) is 3.40. The van der Waals surface area contributed by atoms with E-state index in [9.17, 15) is 0 Å². The average Bonchev–Trinajstić information content (AvgIpc) is 2.99. The summed E-state index contributed by atoms with van der Waals surface area (Å²) in [5.74, 6) is 0. The monoisotopic (exact) mass is 307 g/mol. The van der Waals surface area contributed by atoms with E-state index in [-0.39, 0.29) is 0 Å². The van der Waals surface area contributed by atoms with E-state index in [1.807, 2.05) is 38.4 Å². The molecule has 3 heterocycles. The van der Waals surface area contributed by atoms with Crippen LogP contribution >= 0.6 is 34.3 Å². The molecule has 0 N–H and O–H groups in total. The van der Waals surface area contributed by atoms with E-state index in [1.165, 1.54) is 4.88 Å². The van der Waals surface area contributed by atoms with Gasteiger partial charge in [0.2, 0.25) is 0 Å².